The first-order chi connectivity index (χ1) is 13.9. The summed E-state index contributed by atoms with van der Waals surface area (Å²) in [5.41, 5.74) is 6.02. The topological polar surface area (TPSA) is 177 Å². The fourth-order valence-corrected chi connectivity index (χ4v) is 3.25. The molecule has 1 amide bonds. The summed E-state index contributed by atoms with van der Waals surface area (Å²) in [6, 6.07) is 4.56. The summed E-state index contributed by atoms with van der Waals surface area (Å²) in [5, 5.41) is 36.4. The number of fused-ring (bicyclic) bond motifs is 1. The Morgan fingerprint density at radius 2 is 2.28 bits per heavy atom. The highest BCUT2D eigenvalue weighted by atomic mass is 32.1. The van der Waals surface area contributed by atoms with Crippen molar-refractivity contribution in [3.05, 3.63) is 40.4 Å². The number of aromatic nitrogens is 1. The van der Waals surface area contributed by atoms with Crippen LogP contribution in [0, 0.1) is 0 Å². The monoisotopic (exact) mass is 420 g/mol. The molecule has 1 aliphatic heterocycles. The van der Waals surface area contributed by atoms with Crippen LogP contribution >= 0.6 is 11.3 Å². The predicted molar refractivity (Wildman–Crippen MR) is 104 cm³/mol. The Kier molecular flexibility index (Phi) is 6.31. The predicted octanol–water partition coefficient (Wildman–Crippen LogP) is -0.724. The van der Waals surface area contributed by atoms with Gasteiger partial charge in [-0.05, 0) is 18.1 Å². The molecule has 2 aromatic rings. The second-order valence-electron chi connectivity index (χ2n) is 5.96. The number of anilines is 1. The van der Waals surface area contributed by atoms with E-state index in [-0.39, 0.29) is 47.5 Å². The minimum Gasteiger partial charge on any atom is -0.534 e. The van der Waals surface area contributed by atoms with Gasteiger partial charge in [0.15, 0.2) is 10.8 Å². The number of nitrogen functional groups attached to an aromatic ring is 1. The van der Waals surface area contributed by atoms with Crippen molar-refractivity contribution in [1.29, 1.82) is 0 Å². The number of aliphatic hydroxyl groups is 1. The van der Waals surface area contributed by atoms with Crippen molar-refractivity contribution in [3.63, 3.8) is 0 Å². The van der Waals surface area contributed by atoms with Gasteiger partial charge in [-0.3, -0.25) is 4.79 Å². The van der Waals surface area contributed by atoms with Gasteiger partial charge in [-0.15, -0.1) is 11.3 Å². The number of hydrogen-bond donors (Lipinski definition) is 5. The number of nitrogens with zero attached hydrogens (tertiary/aromatic N) is 2. The molecule has 152 valence electrons. The number of oxime groups is 1. The van der Waals surface area contributed by atoms with Gasteiger partial charge in [0.25, 0.3) is 5.91 Å². The molecule has 0 radical (unpaired) electrons. The molecule has 0 saturated heterocycles. The van der Waals surface area contributed by atoms with Gasteiger partial charge in [-0.25, -0.2) is 9.78 Å². The molecule has 13 heteroatoms. The molecule has 1 aromatic heterocycles. The Balaban J connectivity index is 1.80. The zero-order valence-electron chi connectivity index (χ0n) is 14.9. The lowest BCUT2D eigenvalue weighted by atomic mass is 9.72. The smallest absolute Gasteiger partial charge is 0.534 e. The Hall–Kier alpha value is -3.16. The van der Waals surface area contributed by atoms with Crippen molar-refractivity contribution in [1.82, 2.24) is 10.3 Å². The van der Waals surface area contributed by atoms with E-state index in [1.807, 2.05) is 0 Å². The molecule has 1 unspecified atom stereocenters. The third-order valence-corrected chi connectivity index (χ3v) is 4.66. The number of carbonyl (C=O) groups is 2. The van der Waals surface area contributed by atoms with Crippen LogP contribution in [0.4, 0.5) is 5.13 Å². The average molecular weight is 420 g/mol. The van der Waals surface area contributed by atoms with E-state index in [0.717, 1.165) is 11.3 Å². The number of thiazole rings is 1. The molecule has 0 bridgehead atoms. The maximum absolute atomic E-state index is 12.7. The third-order valence-electron chi connectivity index (χ3n) is 3.98. The summed E-state index contributed by atoms with van der Waals surface area (Å²) in [7, 11) is -1.48. The van der Waals surface area contributed by atoms with Crippen LogP contribution in [0.25, 0.3) is 0 Å². The van der Waals surface area contributed by atoms with Crippen LogP contribution in [-0.2, 0) is 16.1 Å². The molecule has 1 atom stereocenters. The lowest BCUT2D eigenvalue weighted by molar-refractivity contribution is -0.115. The number of amides is 1. The molecule has 0 aliphatic carbocycles. The van der Waals surface area contributed by atoms with E-state index in [1.54, 1.807) is 12.1 Å². The third kappa shape index (κ3) is 4.64. The van der Waals surface area contributed by atoms with Crippen LogP contribution in [0.3, 0.4) is 0 Å². The number of benzene rings is 1. The second-order valence-corrected chi connectivity index (χ2v) is 6.85. The molecule has 29 heavy (non-hydrogen) atoms. The summed E-state index contributed by atoms with van der Waals surface area (Å²) in [6.07, 6.45) is 0.132. The van der Waals surface area contributed by atoms with Crippen molar-refractivity contribution >= 4 is 41.2 Å². The number of rotatable bonds is 7. The molecule has 11 nitrogen and oxygen atoms in total. The van der Waals surface area contributed by atoms with Crippen molar-refractivity contribution in [2.24, 2.45) is 5.16 Å². The summed E-state index contributed by atoms with van der Waals surface area (Å²) in [6.45, 7) is -0.424. The number of nitrogens with two attached hydrogens (primary N) is 1. The number of hydrogen-bond acceptors (Lipinski definition) is 10. The molecule has 2 heterocycles. The molecule has 1 aliphatic rings. The lowest BCUT2D eigenvalue weighted by Crippen LogP contribution is -2.54. The number of carboxylic acid groups (broad SMARTS) is 1. The van der Waals surface area contributed by atoms with Crippen LogP contribution in [0.5, 0.6) is 5.75 Å². The van der Waals surface area contributed by atoms with Gasteiger partial charge in [0.05, 0.1) is 18.1 Å². The first kappa shape index (κ1) is 20.6. The fourth-order valence-electron chi connectivity index (χ4n) is 2.70. The fraction of sp³-hybridized carbons (Fsp3) is 0.250. The molecule has 1 aromatic carbocycles. The number of nitrogens with one attached hydrogen (secondary N) is 1. The summed E-state index contributed by atoms with van der Waals surface area (Å²) < 4.78 is 5.35. The highest BCUT2D eigenvalue weighted by molar-refractivity contribution is 7.13. The summed E-state index contributed by atoms with van der Waals surface area (Å²) >= 11 is 1.10. The molecule has 0 fully saturated rings. The molecule has 3 rings (SSSR count). The van der Waals surface area contributed by atoms with Crippen LogP contribution in [0.2, 0.25) is 0 Å². The van der Waals surface area contributed by atoms with Gasteiger partial charge in [-0.1, -0.05) is 17.3 Å². The largest absolute Gasteiger partial charge is 0.547 e. The van der Waals surface area contributed by atoms with Crippen molar-refractivity contribution < 1.29 is 34.3 Å². The van der Waals surface area contributed by atoms with E-state index >= 15 is 0 Å². The Morgan fingerprint density at radius 1 is 1.48 bits per heavy atom. The van der Waals surface area contributed by atoms with Crippen LogP contribution in [0.15, 0.2) is 28.7 Å². The number of carboxylic acids is 1. The van der Waals surface area contributed by atoms with Gasteiger partial charge in [0, 0.05) is 5.38 Å². The van der Waals surface area contributed by atoms with E-state index < -0.39 is 24.9 Å². The maximum Gasteiger partial charge on any atom is 0.547 e. The van der Waals surface area contributed by atoms with Gasteiger partial charge in [0.1, 0.15) is 18.1 Å². The normalized spacial score (nSPS) is 16.0. The SMILES string of the molecule is Nc1nc(C(=NOCCO)C(=O)NC2Cc3cccc(C(=O)O)c3OB2O)cs1. The standard InChI is InChI=1S/C16H17BN4O7S/c18-16-19-10(7-29-16)12(21-27-5-4-22)14(23)20-11-6-8-2-1-3-9(15(24)25)13(8)28-17(11)26/h1-3,7,11,22,26H,4-6H2,(H2,18,19)(H,20,23)(H,24,25). The summed E-state index contributed by atoms with van der Waals surface area (Å²) in [5.74, 6) is -2.71. The van der Waals surface area contributed by atoms with Crippen molar-refractivity contribution in [2.75, 3.05) is 18.9 Å². The van der Waals surface area contributed by atoms with Gasteiger partial charge >= 0.3 is 13.1 Å². The van der Waals surface area contributed by atoms with Gasteiger partial charge in [-0.2, -0.15) is 0 Å². The van der Waals surface area contributed by atoms with Gasteiger partial charge < -0.3 is 35.8 Å². The van der Waals surface area contributed by atoms with E-state index in [4.69, 9.17) is 20.3 Å². The zero-order valence-corrected chi connectivity index (χ0v) is 15.8. The van der Waals surface area contributed by atoms with Crippen molar-refractivity contribution in [3.8, 4) is 5.75 Å². The number of aliphatic hydroxyl groups excluding tert-OH is 1. The van der Waals surface area contributed by atoms with Crippen LogP contribution < -0.4 is 15.7 Å². The Morgan fingerprint density at radius 3 is 2.93 bits per heavy atom. The average Bonchev–Trinajstić information content (AvgIpc) is 3.11. The Labute approximate surface area is 168 Å². The maximum atomic E-state index is 12.7. The molecular weight excluding hydrogens is 403 g/mol. The molecule has 0 spiro atoms. The first-order valence-electron chi connectivity index (χ1n) is 8.43. The lowest BCUT2D eigenvalue weighted by Gasteiger charge is -2.28. The van der Waals surface area contributed by atoms with E-state index in [1.165, 1.54) is 11.4 Å². The molecule has 0 saturated carbocycles. The van der Waals surface area contributed by atoms with Gasteiger partial charge in [0.2, 0.25) is 0 Å². The van der Waals surface area contributed by atoms with Crippen molar-refractivity contribution in [2.45, 2.75) is 12.4 Å². The Bertz CT molecular complexity index is 951. The highest BCUT2D eigenvalue weighted by Crippen LogP contribution is 2.30. The highest BCUT2D eigenvalue weighted by Gasteiger charge is 2.38. The van der Waals surface area contributed by atoms with E-state index in [2.05, 4.69) is 15.5 Å². The number of para-hydroxylation sites is 1. The number of aromatic carboxylic acids is 1. The molecular formula is C16H17BN4O7S. The van der Waals surface area contributed by atoms with Crippen LogP contribution in [0.1, 0.15) is 21.6 Å². The number of carbonyl (C=O) groups excluding carboxylic acids is 1. The molecule has 6 N–H and O–H groups in total. The zero-order chi connectivity index (χ0) is 21.0. The second kappa shape index (κ2) is 8.90. The summed E-state index contributed by atoms with van der Waals surface area (Å²) in [4.78, 5) is 32.9. The van der Waals surface area contributed by atoms with E-state index in [0.29, 0.717) is 5.56 Å². The first-order valence-corrected chi connectivity index (χ1v) is 9.31. The minimum absolute atomic E-state index is 0.0606. The van der Waals surface area contributed by atoms with E-state index in [9.17, 15) is 19.7 Å². The quantitative estimate of drug-likeness (QED) is 0.167. The van der Waals surface area contributed by atoms with Crippen LogP contribution in [-0.4, -0.2) is 64.1 Å². The minimum atomic E-state index is -1.48.